The quantitative estimate of drug-likeness (QED) is 0.611. The average molecular weight is 429 g/mol. The number of aromatic carboxylic acids is 1. The zero-order valence-electron chi connectivity index (χ0n) is 17.7. The van der Waals surface area contributed by atoms with E-state index in [0.29, 0.717) is 6.42 Å². The van der Waals surface area contributed by atoms with E-state index >= 15 is 0 Å². The number of aryl methyl sites for hydroxylation is 2. The number of nitrogens with zero attached hydrogens (tertiary/aromatic N) is 1. The highest BCUT2D eigenvalue weighted by Crippen LogP contribution is 2.33. The van der Waals surface area contributed by atoms with Crippen molar-refractivity contribution in [2.45, 2.75) is 39.7 Å². The summed E-state index contributed by atoms with van der Waals surface area (Å²) in [5, 5.41) is 19.6. The van der Waals surface area contributed by atoms with E-state index in [1.54, 1.807) is 12.1 Å². The van der Waals surface area contributed by atoms with E-state index in [2.05, 4.69) is 0 Å². The number of benzene rings is 2. The summed E-state index contributed by atoms with van der Waals surface area (Å²) in [6.07, 6.45) is 1.86. The standard InChI is InChI=1S/C24H25F2NO4/c1-24(2,3)21(13-28)27-12-18(23(30)31)22(29)17-10-15(19(26)11-20(17)27)7-4-14-5-8-16(25)9-6-14/h5-6,8-12,21,28H,4,7,13H2,1-3H3,(H,30,31)/t21-/m1/s1. The van der Waals surface area contributed by atoms with Crippen molar-refractivity contribution in [1.29, 1.82) is 0 Å². The van der Waals surface area contributed by atoms with Crippen molar-refractivity contribution in [2.24, 2.45) is 5.41 Å². The van der Waals surface area contributed by atoms with Crippen LogP contribution in [0.25, 0.3) is 10.9 Å². The van der Waals surface area contributed by atoms with Gasteiger partial charge in [-0.2, -0.15) is 0 Å². The summed E-state index contributed by atoms with van der Waals surface area (Å²) < 4.78 is 29.5. The molecule has 0 saturated heterocycles. The minimum absolute atomic E-state index is 0.0816. The normalized spacial score (nSPS) is 12.8. The van der Waals surface area contributed by atoms with E-state index in [1.165, 1.54) is 35.0 Å². The van der Waals surface area contributed by atoms with E-state index < -0.39 is 34.2 Å². The van der Waals surface area contributed by atoms with Gasteiger partial charge < -0.3 is 14.8 Å². The lowest BCUT2D eigenvalue weighted by Gasteiger charge is -2.33. The van der Waals surface area contributed by atoms with Crippen LogP contribution in [-0.2, 0) is 12.8 Å². The van der Waals surface area contributed by atoms with Crippen LogP contribution in [0.5, 0.6) is 0 Å². The lowest BCUT2D eigenvalue weighted by atomic mass is 9.86. The highest BCUT2D eigenvalue weighted by Gasteiger charge is 2.28. The van der Waals surface area contributed by atoms with Gasteiger partial charge in [-0.3, -0.25) is 4.79 Å². The van der Waals surface area contributed by atoms with Gasteiger partial charge >= 0.3 is 5.97 Å². The van der Waals surface area contributed by atoms with E-state index in [9.17, 15) is 28.6 Å². The molecule has 0 amide bonds. The molecule has 0 bridgehead atoms. The number of carboxylic acid groups (broad SMARTS) is 1. The van der Waals surface area contributed by atoms with Crippen molar-refractivity contribution in [1.82, 2.24) is 4.57 Å². The van der Waals surface area contributed by atoms with Gasteiger partial charge in [0.2, 0.25) is 5.43 Å². The van der Waals surface area contributed by atoms with Gasteiger partial charge in [0.05, 0.1) is 18.2 Å². The molecule has 164 valence electrons. The van der Waals surface area contributed by atoms with Crippen molar-refractivity contribution < 1.29 is 23.8 Å². The Morgan fingerprint density at radius 2 is 1.74 bits per heavy atom. The zero-order valence-corrected chi connectivity index (χ0v) is 17.7. The highest BCUT2D eigenvalue weighted by atomic mass is 19.1. The summed E-state index contributed by atoms with van der Waals surface area (Å²) in [6.45, 7) is 5.29. The molecule has 5 nitrogen and oxygen atoms in total. The Bertz CT molecular complexity index is 1180. The number of aliphatic hydroxyl groups is 1. The Morgan fingerprint density at radius 1 is 1.10 bits per heavy atom. The Kier molecular flexibility index (Phi) is 6.27. The second-order valence-corrected chi connectivity index (χ2v) is 8.74. The van der Waals surface area contributed by atoms with Crippen LogP contribution in [0.3, 0.4) is 0 Å². The van der Waals surface area contributed by atoms with E-state index in [4.69, 9.17) is 0 Å². The molecule has 3 rings (SSSR count). The molecular weight excluding hydrogens is 404 g/mol. The molecule has 1 heterocycles. The lowest BCUT2D eigenvalue weighted by molar-refractivity contribution is 0.0692. The summed E-state index contributed by atoms with van der Waals surface area (Å²) in [4.78, 5) is 24.5. The van der Waals surface area contributed by atoms with Crippen molar-refractivity contribution in [3.63, 3.8) is 0 Å². The highest BCUT2D eigenvalue weighted by molar-refractivity contribution is 5.92. The molecule has 2 aromatic carbocycles. The van der Waals surface area contributed by atoms with E-state index in [-0.39, 0.29) is 35.3 Å². The SMILES string of the molecule is CC(C)(C)[C@@H](CO)n1cc(C(=O)O)c(=O)c2cc(CCc3ccc(F)cc3)c(F)cc21. The van der Waals surface area contributed by atoms with Crippen molar-refractivity contribution >= 4 is 16.9 Å². The number of pyridine rings is 1. The van der Waals surface area contributed by atoms with Crippen molar-refractivity contribution in [2.75, 3.05) is 6.61 Å². The first-order valence-corrected chi connectivity index (χ1v) is 9.98. The molecule has 0 aliphatic carbocycles. The van der Waals surface area contributed by atoms with Gasteiger partial charge in [-0.05, 0) is 53.6 Å². The first-order valence-electron chi connectivity index (χ1n) is 9.98. The molecule has 0 aliphatic heterocycles. The number of rotatable bonds is 6. The number of hydrogen-bond donors (Lipinski definition) is 2. The van der Waals surface area contributed by atoms with Gasteiger partial charge in [-0.15, -0.1) is 0 Å². The molecule has 0 unspecified atom stereocenters. The van der Waals surface area contributed by atoms with Crippen LogP contribution in [0.2, 0.25) is 0 Å². The first-order chi connectivity index (χ1) is 14.5. The third kappa shape index (κ3) is 4.66. The van der Waals surface area contributed by atoms with Gasteiger partial charge in [0.25, 0.3) is 0 Å². The number of aromatic nitrogens is 1. The summed E-state index contributed by atoms with van der Waals surface area (Å²) in [5.74, 6) is -2.28. The van der Waals surface area contributed by atoms with Crippen LogP contribution in [0, 0.1) is 17.0 Å². The summed E-state index contributed by atoms with van der Waals surface area (Å²) >= 11 is 0. The molecule has 0 saturated carbocycles. The number of carboxylic acids is 1. The third-order valence-electron chi connectivity index (χ3n) is 5.54. The molecule has 0 radical (unpaired) electrons. The van der Waals surface area contributed by atoms with Gasteiger partial charge in [-0.25, -0.2) is 13.6 Å². The Hall–Kier alpha value is -3.06. The Morgan fingerprint density at radius 3 is 2.29 bits per heavy atom. The first kappa shape index (κ1) is 22.6. The van der Waals surface area contributed by atoms with Crippen LogP contribution >= 0.6 is 0 Å². The largest absolute Gasteiger partial charge is 0.477 e. The molecule has 2 N–H and O–H groups in total. The summed E-state index contributed by atoms with van der Waals surface area (Å²) in [5.41, 5.74) is -0.319. The van der Waals surface area contributed by atoms with Crippen LogP contribution in [0.15, 0.2) is 47.4 Å². The fourth-order valence-electron chi connectivity index (χ4n) is 3.73. The molecule has 0 spiro atoms. The topological polar surface area (TPSA) is 79.5 Å². The number of halogens is 2. The van der Waals surface area contributed by atoms with Gasteiger partial charge in [0.1, 0.15) is 17.2 Å². The fraction of sp³-hybridized carbons (Fsp3) is 0.333. The molecular formula is C24H25F2NO4. The fourth-order valence-corrected chi connectivity index (χ4v) is 3.73. The minimum atomic E-state index is -1.39. The maximum absolute atomic E-state index is 15.0. The molecule has 0 aliphatic rings. The second kappa shape index (κ2) is 8.59. The number of fused-ring (bicyclic) bond motifs is 1. The summed E-state index contributed by atoms with van der Waals surface area (Å²) in [7, 11) is 0. The van der Waals surface area contributed by atoms with Crippen LogP contribution in [-0.4, -0.2) is 27.4 Å². The number of carbonyl (C=O) groups is 1. The zero-order chi connectivity index (χ0) is 22.9. The maximum Gasteiger partial charge on any atom is 0.341 e. The third-order valence-corrected chi connectivity index (χ3v) is 5.54. The maximum atomic E-state index is 15.0. The molecule has 1 aromatic heterocycles. The average Bonchev–Trinajstić information content (AvgIpc) is 2.69. The molecule has 3 aromatic rings. The molecule has 1 atom stereocenters. The lowest BCUT2D eigenvalue weighted by Crippen LogP contribution is -2.30. The predicted octanol–water partition coefficient (Wildman–Crippen LogP) is 4.34. The van der Waals surface area contributed by atoms with E-state index in [0.717, 1.165) is 5.56 Å². The minimum Gasteiger partial charge on any atom is -0.477 e. The Balaban J connectivity index is 2.16. The van der Waals surface area contributed by atoms with Crippen LogP contribution in [0.1, 0.15) is 48.3 Å². The van der Waals surface area contributed by atoms with Gasteiger partial charge in [0.15, 0.2) is 0 Å². The predicted molar refractivity (Wildman–Crippen MR) is 115 cm³/mol. The van der Waals surface area contributed by atoms with Crippen LogP contribution < -0.4 is 5.43 Å². The number of hydrogen-bond acceptors (Lipinski definition) is 3. The van der Waals surface area contributed by atoms with Crippen LogP contribution in [0.4, 0.5) is 8.78 Å². The van der Waals surface area contributed by atoms with Gasteiger partial charge in [0, 0.05) is 11.6 Å². The Labute approximate surface area is 178 Å². The smallest absolute Gasteiger partial charge is 0.341 e. The van der Waals surface area contributed by atoms with Crippen molar-refractivity contribution in [3.8, 4) is 0 Å². The van der Waals surface area contributed by atoms with E-state index in [1.807, 2.05) is 20.8 Å². The monoisotopic (exact) mass is 429 g/mol. The second-order valence-electron chi connectivity index (χ2n) is 8.74. The van der Waals surface area contributed by atoms with Gasteiger partial charge in [-0.1, -0.05) is 32.9 Å². The van der Waals surface area contributed by atoms with Crippen molar-refractivity contribution in [3.05, 3.63) is 81.1 Å². The number of aliphatic hydroxyl groups excluding tert-OH is 1. The molecule has 7 heteroatoms. The summed E-state index contributed by atoms with van der Waals surface area (Å²) in [6, 6.07) is 7.90. The molecule has 31 heavy (non-hydrogen) atoms. The molecule has 0 fully saturated rings.